The Labute approximate surface area is 275 Å². The average Bonchev–Trinajstić information content (AvgIpc) is 3.38. The Bertz CT molecular complexity index is 947. The standard InChI is InChI=1S/C37H67N7O/c1-31(2)32-16-18-34(19-17-32)43-25-20-37(36(45)41-30-44(37)35-14-10-8-11-15-35)33(29-43)13-9-6-4-3-5-7-12-23-40-24-28-42(26-21-38)27-22-39/h8,10-11,14-15,31-34,40H,3-7,9,12-13,16-30,38-39H2,1-2H3,(H,41,45)/t32?,33-,34?,37-/m0/s1. The van der Waals surface area contributed by atoms with E-state index in [1.54, 1.807) is 0 Å². The van der Waals surface area contributed by atoms with Crippen LogP contribution in [0.1, 0.15) is 97.3 Å². The second-order valence-corrected chi connectivity index (χ2v) is 14.5. The Kier molecular flexibility index (Phi) is 15.4. The predicted molar refractivity (Wildman–Crippen MR) is 189 cm³/mol. The smallest absolute Gasteiger partial charge is 0.247 e. The Hall–Kier alpha value is -1.71. The molecular weight excluding hydrogens is 558 g/mol. The molecule has 3 fully saturated rings. The lowest BCUT2D eigenvalue weighted by atomic mass is 9.72. The zero-order valence-electron chi connectivity index (χ0n) is 28.9. The molecule has 3 aliphatic rings. The first-order valence-electron chi connectivity index (χ1n) is 18.7. The van der Waals surface area contributed by atoms with Gasteiger partial charge in [0.05, 0.1) is 6.67 Å². The van der Waals surface area contributed by atoms with Crippen LogP contribution >= 0.6 is 0 Å². The first kappa shape index (κ1) is 36.1. The monoisotopic (exact) mass is 626 g/mol. The molecule has 6 N–H and O–H groups in total. The number of piperidine rings is 1. The fraction of sp³-hybridized carbons (Fsp3) is 0.811. The zero-order valence-corrected chi connectivity index (χ0v) is 28.9. The molecule has 0 unspecified atom stereocenters. The second kappa shape index (κ2) is 19.2. The summed E-state index contributed by atoms with van der Waals surface area (Å²) in [7, 11) is 0. The van der Waals surface area contributed by atoms with Gasteiger partial charge in [0.15, 0.2) is 0 Å². The Morgan fingerprint density at radius 1 is 0.911 bits per heavy atom. The summed E-state index contributed by atoms with van der Waals surface area (Å²) in [5, 5.41) is 6.87. The number of carbonyl (C=O) groups is 1. The lowest BCUT2D eigenvalue weighted by Crippen LogP contribution is -2.63. The van der Waals surface area contributed by atoms with Crippen molar-refractivity contribution in [2.45, 2.75) is 109 Å². The number of amides is 1. The minimum atomic E-state index is -0.411. The van der Waals surface area contributed by atoms with Gasteiger partial charge in [0.25, 0.3) is 0 Å². The van der Waals surface area contributed by atoms with Crippen LogP contribution in [0.25, 0.3) is 0 Å². The summed E-state index contributed by atoms with van der Waals surface area (Å²) in [5.74, 6) is 2.32. The molecule has 0 bridgehead atoms. The van der Waals surface area contributed by atoms with E-state index in [0.29, 0.717) is 31.7 Å². The molecule has 1 aliphatic carbocycles. The van der Waals surface area contributed by atoms with Crippen LogP contribution in [-0.2, 0) is 4.79 Å². The van der Waals surface area contributed by atoms with E-state index in [1.807, 2.05) is 0 Å². The van der Waals surface area contributed by atoms with E-state index in [-0.39, 0.29) is 5.91 Å². The molecule has 2 saturated heterocycles. The van der Waals surface area contributed by atoms with Crippen molar-refractivity contribution in [3.05, 3.63) is 30.3 Å². The molecule has 2 aliphatic heterocycles. The van der Waals surface area contributed by atoms with Crippen LogP contribution in [0, 0.1) is 17.8 Å². The summed E-state index contributed by atoms with van der Waals surface area (Å²) in [6.07, 6.45) is 16.4. The SMILES string of the molecule is CC(C)C1CCC(N2CC[C@@]3(C(=O)NCN3c3ccccc3)[C@@H](CCCCCCCCCNCCN(CCN)CCN)C2)CC1. The normalized spacial score (nSPS) is 26.0. The topological polar surface area (TPSA) is 103 Å². The largest absolute Gasteiger partial charge is 0.339 e. The highest BCUT2D eigenvalue weighted by molar-refractivity contribution is 5.94. The maximum absolute atomic E-state index is 13.8. The second-order valence-electron chi connectivity index (χ2n) is 14.5. The van der Waals surface area contributed by atoms with Crippen LogP contribution in [0.15, 0.2) is 30.3 Å². The molecule has 0 radical (unpaired) electrons. The number of para-hydroxylation sites is 1. The quantitative estimate of drug-likeness (QED) is 0.155. The van der Waals surface area contributed by atoms with Crippen LogP contribution in [0.2, 0.25) is 0 Å². The minimum absolute atomic E-state index is 0.264. The summed E-state index contributed by atoms with van der Waals surface area (Å²) in [4.78, 5) is 21.3. The van der Waals surface area contributed by atoms with E-state index in [9.17, 15) is 4.79 Å². The predicted octanol–water partition coefficient (Wildman–Crippen LogP) is 4.79. The van der Waals surface area contributed by atoms with E-state index in [2.05, 4.69) is 69.5 Å². The number of nitrogens with two attached hydrogens (primary N) is 2. The molecule has 2 heterocycles. The van der Waals surface area contributed by atoms with Gasteiger partial charge in [-0.25, -0.2) is 0 Å². The van der Waals surface area contributed by atoms with Crippen LogP contribution in [0.3, 0.4) is 0 Å². The van der Waals surface area contributed by atoms with Crippen LogP contribution in [0.5, 0.6) is 0 Å². The minimum Gasteiger partial charge on any atom is -0.339 e. The lowest BCUT2D eigenvalue weighted by Gasteiger charge is -2.51. The molecular formula is C37H67N7O. The summed E-state index contributed by atoms with van der Waals surface area (Å²) < 4.78 is 0. The highest BCUT2D eigenvalue weighted by Gasteiger charge is 2.56. The number of anilines is 1. The Morgan fingerprint density at radius 2 is 1.58 bits per heavy atom. The van der Waals surface area contributed by atoms with Gasteiger partial charge in [-0.3, -0.25) is 14.6 Å². The lowest BCUT2D eigenvalue weighted by molar-refractivity contribution is -0.128. The van der Waals surface area contributed by atoms with E-state index in [0.717, 1.165) is 70.5 Å². The summed E-state index contributed by atoms with van der Waals surface area (Å²) >= 11 is 0. The average molecular weight is 626 g/mol. The molecule has 1 saturated carbocycles. The van der Waals surface area contributed by atoms with Gasteiger partial charge in [0.2, 0.25) is 5.91 Å². The first-order valence-corrected chi connectivity index (χ1v) is 18.7. The number of unbranched alkanes of at least 4 members (excludes halogenated alkanes) is 6. The van der Waals surface area contributed by atoms with Crippen LogP contribution in [0.4, 0.5) is 5.69 Å². The molecule has 1 aromatic carbocycles. The van der Waals surface area contributed by atoms with Crippen molar-refractivity contribution in [3.63, 3.8) is 0 Å². The Morgan fingerprint density at radius 3 is 2.24 bits per heavy atom. The first-order chi connectivity index (χ1) is 22.0. The number of nitrogens with zero attached hydrogens (tertiary/aromatic N) is 3. The number of rotatable bonds is 20. The molecule has 8 heteroatoms. The molecule has 8 nitrogen and oxygen atoms in total. The van der Waals surface area contributed by atoms with E-state index in [4.69, 9.17) is 11.5 Å². The molecule has 2 atom stereocenters. The molecule has 4 rings (SSSR count). The van der Waals surface area contributed by atoms with Crippen LogP contribution in [-0.4, -0.2) is 92.9 Å². The van der Waals surface area contributed by atoms with Gasteiger partial charge < -0.3 is 27.0 Å². The highest BCUT2D eigenvalue weighted by Crippen LogP contribution is 2.44. The Balaban J connectivity index is 1.22. The summed E-state index contributed by atoms with van der Waals surface area (Å²) in [6, 6.07) is 11.4. The third-order valence-electron chi connectivity index (χ3n) is 11.4. The van der Waals surface area contributed by atoms with Gasteiger partial charge in [-0.05, 0) is 75.5 Å². The van der Waals surface area contributed by atoms with Gasteiger partial charge in [0.1, 0.15) is 5.54 Å². The van der Waals surface area contributed by atoms with Gasteiger partial charge >= 0.3 is 0 Å². The van der Waals surface area contributed by atoms with Crippen molar-refractivity contribution < 1.29 is 4.79 Å². The number of benzene rings is 1. The molecule has 1 spiro atoms. The summed E-state index contributed by atoms with van der Waals surface area (Å²) in [5.41, 5.74) is 12.2. The van der Waals surface area contributed by atoms with Crippen LogP contribution < -0.4 is 27.0 Å². The van der Waals surface area contributed by atoms with Crippen molar-refractivity contribution in [2.75, 3.05) is 70.5 Å². The molecule has 1 aromatic rings. The highest BCUT2D eigenvalue weighted by atomic mass is 16.2. The van der Waals surface area contributed by atoms with E-state index >= 15 is 0 Å². The number of hydrogen-bond acceptors (Lipinski definition) is 7. The third-order valence-corrected chi connectivity index (χ3v) is 11.4. The van der Waals surface area contributed by atoms with Gasteiger partial charge in [0, 0.05) is 70.0 Å². The number of carbonyl (C=O) groups excluding carboxylic acids is 1. The van der Waals surface area contributed by atoms with Crippen molar-refractivity contribution >= 4 is 11.6 Å². The fourth-order valence-corrected chi connectivity index (χ4v) is 8.58. The van der Waals surface area contributed by atoms with Crippen molar-refractivity contribution in [3.8, 4) is 0 Å². The number of hydrogen-bond donors (Lipinski definition) is 4. The molecule has 256 valence electrons. The number of nitrogens with one attached hydrogen (secondary N) is 2. The van der Waals surface area contributed by atoms with Gasteiger partial charge in [-0.1, -0.05) is 70.6 Å². The molecule has 0 aromatic heterocycles. The van der Waals surface area contributed by atoms with Crippen molar-refractivity contribution in [1.29, 1.82) is 0 Å². The fourth-order valence-electron chi connectivity index (χ4n) is 8.58. The number of likely N-dealkylation sites (tertiary alicyclic amines) is 1. The van der Waals surface area contributed by atoms with Crippen molar-refractivity contribution in [1.82, 2.24) is 20.4 Å². The molecule has 1 amide bonds. The third kappa shape index (κ3) is 10.1. The van der Waals surface area contributed by atoms with Gasteiger partial charge in [-0.2, -0.15) is 0 Å². The van der Waals surface area contributed by atoms with E-state index < -0.39 is 5.54 Å². The summed E-state index contributed by atoms with van der Waals surface area (Å²) in [6.45, 7) is 13.9. The van der Waals surface area contributed by atoms with E-state index in [1.165, 1.54) is 76.3 Å². The van der Waals surface area contributed by atoms with Gasteiger partial charge in [-0.15, -0.1) is 0 Å². The van der Waals surface area contributed by atoms with Crippen molar-refractivity contribution in [2.24, 2.45) is 29.2 Å². The maximum atomic E-state index is 13.8. The zero-order chi connectivity index (χ0) is 31.9. The molecule has 45 heavy (non-hydrogen) atoms. The maximum Gasteiger partial charge on any atom is 0.247 e.